The maximum Gasteiger partial charge on any atom is 0.335 e. The van der Waals surface area contributed by atoms with E-state index in [9.17, 15) is 14.7 Å². The zero-order chi connectivity index (χ0) is 21.8. The Bertz CT molecular complexity index is 1080. The SMILES string of the molecule is COc1ccc(NC(=O)N2Cc3ccc(C(=O)O)cc3O[C@H](c3ccccc3)C2)cc1. The van der Waals surface area contributed by atoms with Gasteiger partial charge in [0.25, 0.3) is 0 Å². The van der Waals surface area contributed by atoms with Crippen molar-refractivity contribution in [2.75, 3.05) is 19.0 Å². The molecule has 0 spiro atoms. The molecule has 0 saturated heterocycles. The number of aromatic carboxylic acids is 1. The predicted molar refractivity (Wildman–Crippen MR) is 116 cm³/mol. The summed E-state index contributed by atoms with van der Waals surface area (Å²) in [5.74, 6) is 0.142. The number of hydrogen-bond acceptors (Lipinski definition) is 4. The monoisotopic (exact) mass is 418 g/mol. The second-order valence-corrected chi connectivity index (χ2v) is 7.18. The topological polar surface area (TPSA) is 88.1 Å². The lowest BCUT2D eigenvalue weighted by Crippen LogP contribution is -2.37. The molecule has 1 atom stereocenters. The first kappa shape index (κ1) is 20.3. The molecule has 4 rings (SSSR count). The molecule has 1 aliphatic heterocycles. The van der Waals surface area contributed by atoms with Crippen molar-refractivity contribution in [2.24, 2.45) is 0 Å². The molecule has 1 aliphatic rings. The zero-order valence-electron chi connectivity index (χ0n) is 16.9. The number of rotatable bonds is 4. The van der Waals surface area contributed by atoms with Gasteiger partial charge in [0.1, 0.15) is 17.6 Å². The van der Waals surface area contributed by atoms with Crippen molar-refractivity contribution < 1.29 is 24.2 Å². The standard InChI is InChI=1S/C24H22N2O5/c1-30-20-11-9-19(10-12-20)25-24(29)26-14-18-8-7-17(23(27)28)13-21(18)31-22(15-26)16-5-3-2-4-6-16/h2-13,22H,14-15H2,1H3,(H,25,29)(H,27,28)/t22-/m0/s1. The van der Waals surface area contributed by atoms with Gasteiger partial charge < -0.3 is 24.8 Å². The quantitative estimate of drug-likeness (QED) is 0.648. The Morgan fingerprint density at radius 3 is 2.48 bits per heavy atom. The predicted octanol–water partition coefficient (Wildman–Crippen LogP) is 4.56. The molecule has 7 nitrogen and oxygen atoms in total. The Labute approximate surface area is 179 Å². The number of anilines is 1. The summed E-state index contributed by atoms with van der Waals surface area (Å²) in [7, 11) is 1.59. The van der Waals surface area contributed by atoms with Crippen LogP contribution in [0.5, 0.6) is 11.5 Å². The molecule has 0 aliphatic carbocycles. The number of urea groups is 1. The van der Waals surface area contributed by atoms with Crippen LogP contribution < -0.4 is 14.8 Å². The van der Waals surface area contributed by atoms with Gasteiger partial charge in [-0.25, -0.2) is 9.59 Å². The highest BCUT2D eigenvalue weighted by Gasteiger charge is 2.28. The van der Waals surface area contributed by atoms with Gasteiger partial charge in [-0.2, -0.15) is 0 Å². The van der Waals surface area contributed by atoms with E-state index in [0.717, 1.165) is 11.1 Å². The summed E-state index contributed by atoms with van der Waals surface area (Å²) in [5, 5.41) is 12.2. The molecule has 2 amide bonds. The molecular formula is C24H22N2O5. The van der Waals surface area contributed by atoms with E-state index >= 15 is 0 Å². The zero-order valence-corrected chi connectivity index (χ0v) is 16.9. The van der Waals surface area contributed by atoms with Crippen LogP contribution >= 0.6 is 0 Å². The van der Waals surface area contributed by atoms with E-state index in [1.807, 2.05) is 30.3 Å². The van der Waals surface area contributed by atoms with Gasteiger partial charge in [0.15, 0.2) is 0 Å². The van der Waals surface area contributed by atoms with Crippen LogP contribution in [0.4, 0.5) is 10.5 Å². The molecule has 0 unspecified atom stereocenters. The minimum Gasteiger partial charge on any atom is -0.497 e. The molecule has 31 heavy (non-hydrogen) atoms. The van der Waals surface area contributed by atoms with Gasteiger partial charge in [-0.15, -0.1) is 0 Å². The summed E-state index contributed by atoms with van der Waals surface area (Å²) < 4.78 is 11.3. The summed E-state index contributed by atoms with van der Waals surface area (Å²) in [5.41, 5.74) is 2.43. The average molecular weight is 418 g/mol. The summed E-state index contributed by atoms with van der Waals surface area (Å²) in [4.78, 5) is 26.1. The fourth-order valence-corrected chi connectivity index (χ4v) is 3.46. The minimum absolute atomic E-state index is 0.140. The first-order valence-corrected chi connectivity index (χ1v) is 9.81. The van der Waals surface area contributed by atoms with Crippen LogP contribution in [0.15, 0.2) is 72.8 Å². The fraction of sp³-hybridized carbons (Fsp3) is 0.167. The van der Waals surface area contributed by atoms with Crippen LogP contribution in [-0.4, -0.2) is 35.7 Å². The molecule has 3 aromatic rings. The van der Waals surface area contributed by atoms with Crippen molar-refractivity contribution in [3.05, 3.63) is 89.5 Å². The highest BCUT2D eigenvalue weighted by atomic mass is 16.5. The van der Waals surface area contributed by atoms with Crippen molar-refractivity contribution in [1.29, 1.82) is 0 Å². The number of carboxylic acids is 1. The number of nitrogens with one attached hydrogen (secondary N) is 1. The van der Waals surface area contributed by atoms with E-state index in [-0.39, 0.29) is 11.6 Å². The second-order valence-electron chi connectivity index (χ2n) is 7.18. The number of benzene rings is 3. The molecule has 1 heterocycles. The molecule has 2 N–H and O–H groups in total. The van der Waals surface area contributed by atoms with Crippen molar-refractivity contribution in [3.8, 4) is 11.5 Å². The van der Waals surface area contributed by atoms with E-state index in [1.165, 1.54) is 12.1 Å². The number of nitrogens with zero attached hydrogens (tertiary/aromatic N) is 1. The molecule has 158 valence electrons. The van der Waals surface area contributed by atoms with Crippen molar-refractivity contribution >= 4 is 17.7 Å². The summed E-state index contributed by atoms with van der Waals surface area (Å²) >= 11 is 0. The Morgan fingerprint density at radius 1 is 1.06 bits per heavy atom. The van der Waals surface area contributed by atoms with Gasteiger partial charge in [0.2, 0.25) is 0 Å². The van der Waals surface area contributed by atoms with E-state index < -0.39 is 12.1 Å². The summed E-state index contributed by atoms with van der Waals surface area (Å²) in [6.45, 7) is 0.601. The second kappa shape index (κ2) is 8.79. The maximum absolute atomic E-state index is 13.1. The third kappa shape index (κ3) is 4.61. The van der Waals surface area contributed by atoms with Gasteiger partial charge in [-0.1, -0.05) is 36.4 Å². The Balaban J connectivity index is 1.63. The summed E-state index contributed by atoms with van der Waals surface area (Å²) in [6.07, 6.45) is -0.437. The number of methoxy groups -OCH3 is 1. The molecule has 0 saturated carbocycles. The smallest absolute Gasteiger partial charge is 0.335 e. The lowest BCUT2D eigenvalue weighted by Gasteiger charge is -2.24. The Morgan fingerprint density at radius 2 is 1.81 bits per heavy atom. The number of carbonyl (C=O) groups is 2. The van der Waals surface area contributed by atoms with Crippen LogP contribution in [0.2, 0.25) is 0 Å². The highest BCUT2D eigenvalue weighted by Crippen LogP contribution is 2.32. The van der Waals surface area contributed by atoms with Crippen molar-refractivity contribution in [2.45, 2.75) is 12.6 Å². The number of carbonyl (C=O) groups excluding carboxylic acids is 1. The number of hydrogen-bond donors (Lipinski definition) is 2. The first-order valence-electron chi connectivity index (χ1n) is 9.81. The first-order chi connectivity index (χ1) is 15.0. The van der Waals surface area contributed by atoms with Gasteiger partial charge in [0.05, 0.1) is 25.8 Å². The van der Waals surface area contributed by atoms with Crippen LogP contribution in [0, 0.1) is 0 Å². The molecule has 3 aromatic carbocycles. The third-order valence-electron chi connectivity index (χ3n) is 5.13. The van der Waals surface area contributed by atoms with Gasteiger partial charge in [-0.3, -0.25) is 0 Å². The third-order valence-corrected chi connectivity index (χ3v) is 5.13. The number of ether oxygens (including phenoxy) is 2. The fourth-order valence-electron chi connectivity index (χ4n) is 3.46. The largest absolute Gasteiger partial charge is 0.497 e. The number of amides is 2. The number of fused-ring (bicyclic) bond motifs is 1. The lowest BCUT2D eigenvalue weighted by molar-refractivity contribution is 0.0696. The van der Waals surface area contributed by atoms with E-state index in [1.54, 1.807) is 42.3 Å². The Hall–Kier alpha value is -4.00. The van der Waals surface area contributed by atoms with Crippen LogP contribution in [0.25, 0.3) is 0 Å². The van der Waals surface area contributed by atoms with Crippen molar-refractivity contribution in [3.63, 3.8) is 0 Å². The molecule has 0 radical (unpaired) electrons. The van der Waals surface area contributed by atoms with Gasteiger partial charge >= 0.3 is 12.0 Å². The minimum atomic E-state index is -1.03. The summed E-state index contributed by atoms with van der Waals surface area (Å²) in [6, 6.07) is 21.1. The van der Waals surface area contributed by atoms with Crippen molar-refractivity contribution in [1.82, 2.24) is 4.90 Å². The molecule has 0 aromatic heterocycles. The molecular weight excluding hydrogens is 396 g/mol. The highest BCUT2D eigenvalue weighted by molar-refractivity contribution is 5.90. The lowest BCUT2D eigenvalue weighted by atomic mass is 10.1. The molecule has 0 bridgehead atoms. The average Bonchev–Trinajstić information content (AvgIpc) is 2.99. The Kier molecular flexibility index (Phi) is 5.75. The van der Waals surface area contributed by atoms with E-state index in [4.69, 9.17) is 9.47 Å². The van der Waals surface area contributed by atoms with Crippen LogP contribution in [-0.2, 0) is 6.54 Å². The van der Waals surface area contributed by atoms with E-state index in [0.29, 0.717) is 30.3 Å². The van der Waals surface area contributed by atoms with Gasteiger partial charge in [-0.05, 0) is 42.0 Å². The molecule has 7 heteroatoms. The maximum atomic E-state index is 13.1. The van der Waals surface area contributed by atoms with Gasteiger partial charge in [0, 0.05) is 11.3 Å². The normalized spacial score (nSPS) is 15.3. The number of carboxylic acid groups (broad SMARTS) is 1. The van der Waals surface area contributed by atoms with Crippen LogP contribution in [0.3, 0.4) is 0 Å². The molecule has 0 fully saturated rings. The van der Waals surface area contributed by atoms with Crippen LogP contribution in [0.1, 0.15) is 27.6 Å². The van der Waals surface area contributed by atoms with E-state index in [2.05, 4.69) is 5.32 Å².